The lowest BCUT2D eigenvalue weighted by Gasteiger charge is -2.48. The van der Waals surface area contributed by atoms with E-state index in [1.54, 1.807) is 0 Å². The molecule has 80 heavy (non-hydrogen) atoms. The van der Waals surface area contributed by atoms with Gasteiger partial charge in [-0.1, -0.05) is 184 Å². The first-order chi connectivity index (χ1) is 38.8. The molecule has 13 rings (SSSR count). The summed E-state index contributed by atoms with van der Waals surface area (Å²) in [5, 5.41) is 0. The number of anilines is 9. The second kappa shape index (κ2) is 17.4. The van der Waals surface area contributed by atoms with Gasteiger partial charge in [-0.3, -0.25) is 0 Å². The molecule has 8 aromatic rings. The number of hydrogen-bond donors (Lipinski definition) is 0. The summed E-state index contributed by atoms with van der Waals surface area (Å²) in [5.74, 6) is 0. The van der Waals surface area contributed by atoms with Gasteiger partial charge in [0.15, 0.2) is 0 Å². The van der Waals surface area contributed by atoms with E-state index in [4.69, 9.17) is 0 Å². The molecule has 2 aliphatic heterocycles. The second-order valence-corrected chi connectivity index (χ2v) is 29.8. The summed E-state index contributed by atoms with van der Waals surface area (Å²) in [6, 6.07) is 57.7. The van der Waals surface area contributed by atoms with Crippen LogP contribution < -0.4 is 31.1 Å². The van der Waals surface area contributed by atoms with Gasteiger partial charge < -0.3 is 14.7 Å². The van der Waals surface area contributed by atoms with E-state index in [9.17, 15) is 4.11 Å². The number of rotatable bonds is 5. The molecule has 0 saturated carbocycles. The molecule has 5 aliphatic rings. The first-order valence-electron chi connectivity index (χ1n) is 31.3. The van der Waals surface area contributed by atoms with Crippen molar-refractivity contribution in [1.29, 1.82) is 0 Å². The molecule has 3 aliphatic carbocycles. The van der Waals surface area contributed by atoms with Crippen LogP contribution in [-0.4, -0.2) is 6.71 Å². The highest BCUT2D eigenvalue weighted by Crippen LogP contribution is 2.55. The van der Waals surface area contributed by atoms with Crippen molar-refractivity contribution in [3.8, 4) is 11.1 Å². The molecular formula is C76H84BN3. The van der Waals surface area contributed by atoms with Gasteiger partial charge in [0.25, 0.3) is 6.71 Å². The third-order valence-corrected chi connectivity index (χ3v) is 20.2. The highest BCUT2D eigenvalue weighted by molar-refractivity contribution is 7.00. The maximum atomic E-state index is 9.40. The summed E-state index contributed by atoms with van der Waals surface area (Å²) in [4.78, 5) is 7.34. The summed E-state index contributed by atoms with van der Waals surface area (Å²) in [6.07, 6.45) is 4.39. The van der Waals surface area contributed by atoms with E-state index in [0.717, 1.165) is 82.3 Å². The van der Waals surface area contributed by atoms with Crippen molar-refractivity contribution in [2.45, 2.75) is 181 Å². The molecule has 0 unspecified atom stereocenters. The zero-order valence-corrected chi connectivity index (χ0v) is 50.7. The molecule has 0 saturated heterocycles. The average Bonchev–Trinajstić information content (AvgIpc) is 1.32. The third-order valence-electron chi connectivity index (χ3n) is 20.2. The van der Waals surface area contributed by atoms with Gasteiger partial charge in [-0.2, -0.15) is 0 Å². The van der Waals surface area contributed by atoms with E-state index in [1.165, 1.54) is 66.6 Å². The Morgan fingerprint density at radius 2 is 0.875 bits per heavy atom. The van der Waals surface area contributed by atoms with Crippen molar-refractivity contribution in [1.82, 2.24) is 0 Å². The monoisotopic (exact) mass is 1050 g/mol. The highest BCUT2D eigenvalue weighted by atomic mass is 15.2. The Bertz CT molecular complexity index is 3920. The van der Waals surface area contributed by atoms with Crippen LogP contribution in [0, 0.1) is 6.85 Å². The first kappa shape index (κ1) is 49.1. The van der Waals surface area contributed by atoms with Crippen molar-refractivity contribution >= 4 is 74.3 Å². The molecule has 0 N–H and O–H groups in total. The summed E-state index contributed by atoms with van der Waals surface area (Å²) in [5.41, 5.74) is 26.0. The van der Waals surface area contributed by atoms with Crippen LogP contribution in [0.15, 0.2) is 152 Å². The van der Waals surface area contributed by atoms with Gasteiger partial charge in [0.2, 0.25) is 0 Å². The fourth-order valence-corrected chi connectivity index (χ4v) is 15.0. The van der Waals surface area contributed by atoms with Crippen molar-refractivity contribution in [3.05, 3.63) is 202 Å². The van der Waals surface area contributed by atoms with Gasteiger partial charge in [-0.25, -0.2) is 0 Å². The van der Waals surface area contributed by atoms with Gasteiger partial charge in [-0.15, -0.1) is 0 Å². The Hall–Kier alpha value is -6.78. The third kappa shape index (κ3) is 8.02. The number of aryl methyl sites for hydroxylation is 1. The summed E-state index contributed by atoms with van der Waals surface area (Å²) in [6.45, 7) is 35.0. The van der Waals surface area contributed by atoms with Crippen LogP contribution in [0.25, 0.3) is 11.1 Å². The van der Waals surface area contributed by atoms with Crippen LogP contribution in [0.5, 0.6) is 0 Å². The number of fused-ring (bicyclic) bond motifs is 9. The Morgan fingerprint density at radius 3 is 1.43 bits per heavy atom. The first-order valence-corrected chi connectivity index (χ1v) is 29.8. The predicted molar refractivity (Wildman–Crippen MR) is 345 cm³/mol. The molecule has 8 aromatic carbocycles. The summed E-state index contributed by atoms with van der Waals surface area (Å²) < 4.78 is 28.2. The van der Waals surface area contributed by atoms with E-state index in [-0.39, 0.29) is 44.6 Å². The van der Waals surface area contributed by atoms with Crippen molar-refractivity contribution in [2.75, 3.05) is 14.7 Å². The molecule has 0 atom stereocenters. The predicted octanol–water partition coefficient (Wildman–Crippen LogP) is 19.1. The zero-order valence-electron chi connectivity index (χ0n) is 53.7. The van der Waals surface area contributed by atoms with E-state index >= 15 is 0 Å². The molecule has 2 heterocycles. The number of nitrogens with zero attached hydrogens (tertiary/aromatic N) is 3. The molecule has 0 bridgehead atoms. The van der Waals surface area contributed by atoms with Gasteiger partial charge in [-0.05, 0) is 221 Å². The fraction of sp³-hybridized carbons (Fsp3) is 0.368. The smallest absolute Gasteiger partial charge is 0.252 e. The average molecular weight is 1050 g/mol. The van der Waals surface area contributed by atoms with Crippen LogP contribution in [0.3, 0.4) is 0 Å². The fourth-order valence-electron chi connectivity index (χ4n) is 15.0. The topological polar surface area (TPSA) is 9.72 Å². The normalized spacial score (nSPS) is 19.0. The van der Waals surface area contributed by atoms with Gasteiger partial charge in [0, 0.05) is 60.7 Å². The van der Waals surface area contributed by atoms with Crippen LogP contribution >= 0.6 is 0 Å². The molecule has 3 nitrogen and oxygen atoms in total. The Morgan fingerprint density at radius 1 is 0.412 bits per heavy atom. The Labute approximate surface area is 484 Å². The van der Waals surface area contributed by atoms with Crippen molar-refractivity contribution < 1.29 is 4.11 Å². The lowest BCUT2D eigenvalue weighted by molar-refractivity contribution is 0.332. The maximum Gasteiger partial charge on any atom is 0.252 e. The van der Waals surface area contributed by atoms with E-state index in [1.807, 2.05) is 12.1 Å². The van der Waals surface area contributed by atoms with Gasteiger partial charge >= 0.3 is 0 Å². The largest absolute Gasteiger partial charge is 0.311 e. The summed E-state index contributed by atoms with van der Waals surface area (Å²) >= 11 is 0. The number of hydrogen-bond acceptors (Lipinski definition) is 3. The second-order valence-electron chi connectivity index (χ2n) is 29.8. The van der Waals surface area contributed by atoms with Crippen molar-refractivity contribution in [2.24, 2.45) is 0 Å². The highest BCUT2D eigenvalue weighted by Gasteiger charge is 2.48. The van der Waals surface area contributed by atoms with Crippen LogP contribution in [0.4, 0.5) is 51.2 Å². The maximum absolute atomic E-state index is 9.40. The molecule has 4 heteroatoms. The molecule has 406 valence electrons. The Balaban J connectivity index is 1.14. The molecule has 0 spiro atoms. The molecule has 0 radical (unpaired) electrons. The SMILES string of the molecule is [2H]C([2H])([2H])c1cc2c3c(c1)N(c1ccc4c(c1)C(C)(C)CCC4(C)C)c1cc4c(cc1B3c1ccc(N(c3ccc(C(C)(C)C)cc3)c3ccc(C(C)(C)C)cc3)cc1N2c1ccc2c(c1)-c1ccccc1C2(C)C)C(C)(C)CCC4(C)C. The molecule has 0 fully saturated rings. The zero-order chi connectivity index (χ0) is 59.1. The van der Waals surface area contributed by atoms with Gasteiger partial charge in [0.05, 0.1) is 0 Å². The Kier molecular flexibility index (Phi) is 10.7. The van der Waals surface area contributed by atoms with E-state index in [2.05, 4.69) is 265 Å². The minimum Gasteiger partial charge on any atom is -0.311 e. The standard InChI is InChI=1S/C76H84BN3/c1-47-40-67-69-68(41-47)80(53-31-34-59-60(43-53)73(10,11)37-36-72(59,8)9)66-46-62-61(74(12,13)38-39-75(62,14)15)45-64(66)77(69)63-35-32-54(44-65(63)79(67)52-30-33-58-56(42-52)55-20-18-19-21-57(55)76(58,16)17)78(50-26-22-48(23-27-50)70(2,3)4)51-28-24-49(25-29-51)71(5,6)7/h18-35,40-46H,36-39H2,1-17H3/i1D3. The number of benzene rings is 8. The molecule has 0 amide bonds. The van der Waals surface area contributed by atoms with Crippen LogP contribution in [-0.2, 0) is 37.9 Å². The van der Waals surface area contributed by atoms with Gasteiger partial charge in [0.1, 0.15) is 0 Å². The van der Waals surface area contributed by atoms with Crippen molar-refractivity contribution in [3.63, 3.8) is 0 Å². The lowest BCUT2D eigenvalue weighted by atomic mass is 9.33. The minimum atomic E-state index is -2.42. The van der Waals surface area contributed by atoms with Crippen LogP contribution in [0.1, 0.15) is 191 Å². The quantitative estimate of drug-likeness (QED) is 0.159. The van der Waals surface area contributed by atoms with Crippen LogP contribution in [0.2, 0.25) is 0 Å². The molecular weight excluding hydrogens is 966 g/mol. The molecule has 0 aromatic heterocycles. The minimum absolute atomic E-state index is 0.0149. The van der Waals surface area contributed by atoms with E-state index in [0.29, 0.717) is 5.56 Å². The summed E-state index contributed by atoms with van der Waals surface area (Å²) in [7, 11) is 0. The lowest BCUT2D eigenvalue weighted by Crippen LogP contribution is -2.62. The van der Waals surface area contributed by atoms with E-state index < -0.39 is 6.85 Å².